The van der Waals surface area contributed by atoms with Gasteiger partial charge in [-0.3, -0.25) is 9.59 Å². The molecule has 0 saturated carbocycles. The summed E-state index contributed by atoms with van der Waals surface area (Å²) in [7, 11) is 1.66. The summed E-state index contributed by atoms with van der Waals surface area (Å²) < 4.78 is 0. The maximum absolute atomic E-state index is 12.1. The Morgan fingerprint density at radius 1 is 1.57 bits per heavy atom. The SMILES string of the molecule is CN(Cc1csc(C#CCO)c1)C(=O)c1c[nH]c(=O)cn1. The summed E-state index contributed by atoms with van der Waals surface area (Å²) >= 11 is 1.46. The van der Waals surface area contributed by atoms with E-state index >= 15 is 0 Å². The summed E-state index contributed by atoms with van der Waals surface area (Å²) in [5, 5.41) is 10.6. The third-order valence-electron chi connectivity index (χ3n) is 2.60. The van der Waals surface area contributed by atoms with E-state index in [0.717, 1.165) is 16.6 Å². The first kappa shape index (κ1) is 15.0. The van der Waals surface area contributed by atoms with Gasteiger partial charge in [-0.2, -0.15) is 0 Å². The topological polar surface area (TPSA) is 86.3 Å². The number of thiophene rings is 1. The zero-order valence-electron chi connectivity index (χ0n) is 11.3. The molecular formula is C14H13N3O3S. The van der Waals surface area contributed by atoms with Gasteiger partial charge in [-0.25, -0.2) is 4.98 Å². The number of hydrogen-bond donors (Lipinski definition) is 2. The van der Waals surface area contributed by atoms with Crippen molar-refractivity contribution in [1.29, 1.82) is 0 Å². The van der Waals surface area contributed by atoms with Crippen LogP contribution in [0.4, 0.5) is 0 Å². The summed E-state index contributed by atoms with van der Waals surface area (Å²) in [6.45, 7) is 0.237. The maximum atomic E-state index is 12.1. The number of nitrogens with one attached hydrogen (secondary N) is 1. The highest BCUT2D eigenvalue weighted by Gasteiger charge is 2.14. The van der Waals surface area contributed by atoms with E-state index in [1.54, 1.807) is 7.05 Å². The molecule has 0 spiro atoms. The molecule has 0 radical (unpaired) electrons. The van der Waals surface area contributed by atoms with Gasteiger partial charge in [-0.05, 0) is 17.0 Å². The summed E-state index contributed by atoms with van der Waals surface area (Å²) in [6.07, 6.45) is 2.38. The number of aliphatic hydroxyl groups excluding tert-OH is 1. The van der Waals surface area contributed by atoms with Gasteiger partial charge in [-0.1, -0.05) is 11.8 Å². The van der Waals surface area contributed by atoms with Gasteiger partial charge in [0, 0.05) is 19.8 Å². The molecule has 2 aromatic rings. The summed E-state index contributed by atoms with van der Waals surface area (Å²) in [4.78, 5) is 31.6. The predicted octanol–water partition coefficient (Wildman–Crippen LogP) is 0.447. The average molecular weight is 303 g/mol. The van der Waals surface area contributed by atoms with Crippen LogP contribution in [0.2, 0.25) is 0 Å². The van der Waals surface area contributed by atoms with E-state index in [4.69, 9.17) is 5.11 Å². The van der Waals surface area contributed by atoms with E-state index < -0.39 is 0 Å². The van der Waals surface area contributed by atoms with Crippen LogP contribution in [0.5, 0.6) is 0 Å². The molecule has 2 rings (SSSR count). The van der Waals surface area contributed by atoms with Crippen LogP contribution in [-0.2, 0) is 6.54 Å². The molecule has 0 aliphatic rings. The Kier molecular flexibility index (Phi) is 4.87. The van der Waals surface area contributed by atoms with Gasteiger partial charge in [0.2, 0.25) is 0 Å². The molecule has 2 heterocycles. The lowest BCUT2D eigenvalue weighted by atomic mass is 10.2. The number of aromatic amines is 1. The van der Waals surface area contributed by atoms with Crippen LogP contribution in [-0.4, -0.2) is 39.5 Å². The number of H-pyrrole nitrogens is 1. The highest BCUT2D eigenvalue weighted by atomic mass is 32.1. The Bertz CT molecular complexity index is 734. The van der Waals surface area contributed by atoms with Crippen LogP contribution in [0.25, 0.3) is 0 Å². The van der Waals surface area contributed by atoms with Gasteiger partial charge < -0.3 is 15.0 Å². The lowest BCUT2D eigenvalue weighted by Gasteiger charge is -2.15. The van der Waals surface area contributed by atoms with Crippen LogP contribution in [0, 0.1) is 11.8 Å². The Balaban J connectivity index is 2.05. The second-order valence-electron chi connectivity index (χ2n) is 4.24. The number of aliphatic hydroxyl groups is 1. The molecule has 0 aliphatic carbocycles. The van der Waals surface area contributed by atoms with E-state index in [-0.39, 0.29) is 23.8 Å². The fourth-order valence-electron chi connectivity index (χ4n) is 1.65. The van der Waals surface area contributed by atoms with E-state index in [0.29, 0.717) is 6.54 Å². The van der Waals surface area contributed by atoms with Crippen LogP contribution in [0.3, 0.4) is 0 Å². The zero-order valence-corrected chi connectivity index (χ0v) is 12.1. The van der Waals surface area contributed by atoms with Crippen molar-refractivity contribution in [2.45, 2.75) is 6.54 Å². The lowest BCUT2D eigenvalue weighted by molar-refractivity contribution is 0.0779. The van der Waals surface area contributed by atoms with Crippen LogP contribution < -0.4 is 5.56 Å². The van der Waals surface area contributed by atoms with Crippen molar-refractivity contribution >= 4 is 17.2 Å². The van der Waals surface area contributed by atoms with Crippen LogP contribution >= 0.6 is 11.3 Å². The molecule has 2 aromatic heterocycles. The molecule has 2 N–H and O–H groups in total. The first-order valence-electron chi connectivity index (χ1n) is 6.07. The Morgan fingerprint density at radius 3 is 3.05 bits per heavy atom. The zero-order chi connectivity index (χ0) is 15.2. The Hall–Kier alpha value is -2.43. The van der Waals surface area contributed by atoms with Crippen LogP contribution in [0.15, 0.2) is 28.6 Å². The molecule has 6 nitrogen and oxygen atoms in total. The molecule has 0 fully saturated rings. The predicted molar refractivity (Wildman–Crippen MR) is 78.9 cm³/mol. The second-order valence-corrected chi connectivity index (χ2v) is 5.15. The minimum absolute atomic E-state index is 0.177. The molecule has 0 bridgehead atoms. The van der Waals surface area contributed by atoms with Crippen molar-refractivity contribution in [1.82, 2.24) is 14.9 Å². The van der Waals surface area contributed by atoms with Gasteiger partial charge >= 0.3 is 0 Å². The summed E-state index contributed by atoms with van der Waals surface area (Å²) in [5.41, 5.74) is 0.786. The molecule has 0 aromatic carbocycles. The van der Waals surface area contributed by atoms with Crippen molar-refractivity contribution in [2.75, 3.05) is 13.7 Å². The monoisotopic (exact) mass is 303 g/mol. The van der Waals surface area contributed by atoms with Crippen molar-refractivity contribution in [3.8, 4) is 11.8 Å². The first-order chi connectivity index (χ1) is 10.1. The standard InChI is InChI=1S/C14H13N3O3S/c1-17(14(20)12-6-16-13(19)7-15-12)8-10-5-11(21-9-10)3-2-4-18/h5-7,9,18H,4,8H2,1H3,(H,16,19). The number of aromatic nitrogens is 2. The van der Waals surface area contributed by atoms with Crippen molar-refractivity contribution in [3.05, 3.63) is 50.3 Å². The van der Waals surface area contributed by atoms with Crippen molar-refractivity contribution in [3.63, 3.8) is 0 Å². The minimum atomic E-state index is -0.348. The third-order valence-corrected chi connectivity index (χ3v) is 3.50. The molecule has 0 unspecified atom stereocenters. The quantitative estimate of drug-likeness (QED) is 0.806. The summed E-state index contributed by atoms with van der Waals surface area (Å²) in [5.74, 6) is 5.12. The van der Waals surface area contributed by atoms with Gasteiger partial charge in [0.25, 0.3) is 11.5 Å². The maximum Gasteiger partial charge on any atom is 0.274 e. The average Bonchev–Trinajstić information content (AvgIpc) is 2.92. The second kappa shape index (κ2) is 6.83. The fourth-order valence-corrected chi connectivity index (χ4v) is 2.42. The number of amides is 1. The third kappa shape index (κ3) is 4.02. The molecule has 0 saturated heterocycles. The molecule has 0 atom stereocenters. The molecule has 108 valence electrons. The van der Waals surface area contributed by atoms with Gasteiger partial charge in [0.05, 0.1) is 11.1 Å². The van der Waals surface area contributed by atoms with E-state index in [1.165, 1.54) is 22.4 Å². The molecule has 7 heteroatoms. The van der Waals surface area contributed by atoms with Gasteiger partial charge in [0.15, 0.2) is 0 Å². The van der Waals surface area contributed by atoms with E-state index in [2.05, 4.69) is 21.8 Å². The summed E-state index contributed by atoms with van der Waals surface area (Å²) in [6, 6.07) is 1.87. The first-order valence-corrected chi connectivity index (χ1v) is 6.95. The van der Waals surface area contributed by atoms with E-state index in [1.807, 2.05) is 11.4 Å². The minimum Gasteiger partial charge on any atom is -0.384 e. The Morgan fingerprint density at radius 2 is 2.38 bits per heavy atom. The number of hydrogen-bond acceptors (Lipinski definition) is 5. The molecular weight excluding hydrogens is 290 g/mol. The number of carbonyl (C=O) groups excluding carboxylic acids is 1. The highest BCUT2D eigenvalue weighted by Crippen LogP contribution is 2.15. The lowest BCUT2D eigenvalue weighted by Crippen LogP contribution is -2.27. The van der Waals surface area contributed by atoms with Crippen molar-refractivity contribution in [2.24, 2.45) is 0 Å². The largest absolute Gasteiger partial charge is 0.384 e. The normalized spacial score (nSPS) is 9.81. The fraction of sp³-hybridized carbons (Fsp3) is 0.214. The Labute approximate surface area is 125 Å². The van der Waals surface area contributed by atoms with Crippen LogP contribution in [0.1, 0.15) is 20.9 Å². The molecule has 21 heavy (non-hydrogen) atoms. The smallest absolute Gasteiger partial charge is 0.274 e. The highest BCUT2D eigenvalue weighted by molar-refractivity contribution is 7.10. The molecule has 1 amide bonds. The number of carbonyl (C=O) groups is 1. The van der Waals surface area contributed by atoms with Crippen molar-refractivity contribution < 1.29 is 9.90 Å². The van der Waals surface area contributed by atoms with E-state index in [9.17, 15) is 9.59 Å². The van der Waals surface area contributed by atoms with Gasteiger partial charge in [0.1, 0.15) is 12.3 Å². The number of rotatable bonds is 3. The van der Waals surface area contributed by atoms with Gasteiger partial charge in [-0.15, -0.1) is 11.3 Å². The molecule has 0 aliphatic heterocycles. The number of nitrogens with zero attached hydrogens (tertiary/aromatic N) is 2.